The summed E-state index contributed by atoms with van der Waals surface area (Å²) in [4.78, 5) is 13.9. The van der Waals surface area contributed by atoms with E-state index in [1.807, 2.05) is 42.5 Å². The molecule has 2 rings (SSSR count). The lowest BCUT2D eigenvalue weighted by Gasteiger charge is -2.18. The first-order valence-electron chi connectivity index (χ1n) is 6.51. The number of carbonyl (C=O) groups is 1. The Morgan fingerprint density at radius 3 is 2.57 bits per heavy atom. The Morgan fingerprint density at radius 2 is 2.00 bits per heavy atom. The molecule has 0 spiro atoms. The molecule has 0 saturated carbocycles. The molecular formula is C15H18N2O3S. The van der Waals surface area contributed by atoms with Crippen LogP contribution in [-0.2, 0) is 0 Å². The summed E-state index contributed by atoms with van der Waals surface area (Å²) in [6, 6.07) is 10.8. The molecule has 0 radical (unpaired) electrons. The molecule has 1 aromatic carbocycles. The van der Waals surface area contributed by atoms with Gasteiger partial charge in [-0.3, -0.25) is 4.79 Å². The molecule has 1 heterocycles. The lowest BCUT2D eigenvalue weighted by atomic mass is 10.2. The quantitative estimate of drug-likeness (QED) is 0.803. The molecule has 5 nitrogen and oxygen atoms in total. The number of aliphatic hydroxyl groups is 1. The standard InChI is InChI=1S/C15H18N2O3S/c1-17(9-10-18)12-5-3-11(4-6-12)16-15(19)13-7-8-14(20-13)21-2/h3-8,18H,9-10H2,1-2H3,(H,16,19). The maximum absolute atomic E-state index is 12.0. The van der Waals surface area contributed by atoms with E-state index in [0.29, 0.717) is 23.1 Å². The van der Waals surface area contributed by atoms with Crippen LogP contribution >= 0.6 is 11.8 Å². The van der Waals surface area contributed by atoms with Crippen LogP contribution in [0.2, 0.25) is 0 Å². The number of hydrogen-bond donors (Lipinski definition) is 2. The monoisotopic (exact) mass is 306 g/mol. The number of furan rings is 1. The summed E-state index contributed by atoms with van der Waals surface area (Å²) < 4.78 is 5.38. The number of likely N-dealkylation sites (N-methyl/N-ethyl adjacent to an activating group) is 1. The molecule has 0 saturated heterocycles. The second-order valence-corrected chi connectivity index (χ2v) is 5.28. The van der Waals surface area contributed by atoms with Gasteiger partial charge in [-0.15, -0.1) is 0 Å². The van der Waals surface area contributed by atoms with Gasteiger partial charge in [-0.2, -0.15) is 0 Å². The summed E-state index contributed by atoms with van der Waals surface area (Å²) in [5.41, 5.74) is 1.67. The van der Waals surface area contributed by atoms with Gasteiger partial charge in [0.2, 0.25) is 0 Å². The number of hydrogen-bond acceptors (Lipinski definition) is 5. The van der Waals surface area contributed by atoms with Crippen LogP contribution < -0.4 is 10.2 Å². The summed E-state index contributed by atoms with van der Waals surface area (Å²) in [6.07, 6.45) is 1.89. The number of thioether (sulfide) groups is 1. The summed E-state index contributed by atoms with van der Waals surface area (Å²) in [6.45, 7) is 0.667. The van der Waals surface area contributed by atoms with Crippen molar-refractivity contribution in [3.05, 3.63) is 42.2 Å². The van der Waals surface area contributed by atoms with Crippen molar-refractivity contribution in [2.45, 2.75) is 5.09 Å². The van der Waals surface area contributed by atoms with Crippen LogP contribution in [0.15, 0.2) is 45.9 Å². The van der Waals surface area contributed by atoms with Crippen LogP contribution in [0.3, 0.4) is 0 Å². The highest BCUT2D eigenvalue weighted by molar-refractivity contribution is 7.98. The van der Waals surface area contributed by atoms with Gasteiger partial charge >= 0.3 is 0 Å². The van der Waals surface area contributed by atoms with E-state index in [-0.39, 0.29) is 12.5 Å². The normalized spacial score (nSPS) is 10.4. The Bertz CT molecular complexity index is 595. The smallest absolute Gasteiger partial charge is 0.291 e. The van der Waals surface area contributed by atoms with E-state index in [0.717, 1.165) is 5.69 Å². The Morgan fingerprint density at radius 1 is 1.29 bits per heavy atom. The molecule has 0 bridgehead atoms. The zero-order valence-electron chi connectivity index (χ0n) is 12.0. The van der Waals surface area contributed by atoms with Gasteiger partial charge in [0.15, 0.2) is 10.9 Å². The number of nitrogens with zero attached hydrogens (tertiary/aromatic N) is 1. The van der Waals surface area contributed by atoms with E-state index in [2.05, 4.69) is 5.32 Å². The lowest BCUT2D eigenvalue weighted by Crippen LogP contribution is -2.21. The van der Waals surface area contributed by atoms with Crippen molar-refractivity contribution in [1.29, 1.82) is 0 Å². The van der Waals surface area contributed by atoms with Gasteiger partial charge in [-0.1, -0.05) is 11.8 Å². The van der Waals surface area contributed by atoms with E-state index in [1.165, 1.54) is 11.8 Å². The van der Waals surface area contributed by atoms with Crippen LogP contribution in [0.1, 0.15) is 10.6 Å². The van der Waals surface area contributed by atoms with Gasteiger partial charge in [0.25, 0.3) is 5.91 Å². The molecule has 2 aromatic rings. The highest BCUT2D eigenvalue weighted by Gasteiger charge is 2.11. The van der Waals surface area contributed by atoms with Crippen LogP contribution in [0.5, 0.6) is 0 Å². The van der Waals surface area contributed by atoms with Gasteiger partial charge < -0.3 is 19.7 Å². The molecule has 1 amide bonds. The fourth-order valence-electron chi connectivity index (χ4n) is 1.82. The van der Waals surface area contributed by atoms with Crippen molar-refractivity contribution in [3.8, 4) is 0 Å². The van der Waals surface area contributed by atoms with Crippen molar-refractivity contribution in [3.63, 3.8) is 0 Å². The SMILES string of the molecule is CSc1ccc(C(=O)Nc2ccc(N(C)CCO)cc2)o1. The molecule has 1 aromatic heterocycles. The second-order valence-electron chi connectivity index (χ2n) is 4.47. The number of anilines is 2. The van der Waals surface area contributed by atoms with E-state index >= 15 is 0 Å². The maximum Gasteiger partial charge on any atom is 0.291 e. The highest BCUT2D eigenvalue weighted by Crippen LogP contribution is 2.20. The van der Waals surface area contributed by atoms with Crippen molar-refractivity contribution in [2.24, 2.45) is 0 Å². The molecule has 0 atom stereocenters. The molecule has 0 unspecified atom stereocenters. The minimum absolute atomic E-state index is 0.102. The van der Waals surface area contributed by atoms with E-state index in [4.69, 9.17) is 9.52 Å². The van der Waals surface area contributed by atoms with Crippen molar-refractivity contribution < 1.29 is 14.3 Å². The molecule has 6 heteroatoms. The van der Waals surface area contributed by atoms with Crippen molar-refractivity contribution >= 4 is 29.0 Å². The molecule has 0 fully saturated rings. The second kappa shape index (κ2) is 7.19. The summed E-state index contributed by atoms with van der Waals surface area (Å²) in [5.74, 6) is 0.0209. The average molecular weight is 306 g/mol. The largest absolute Gasteiger partial charge is 0.445 e. The molecular weight excluding hydrogens is 288 g/mol. The first-order chi connectivity index (χ1) is 10.1. The minimum Gasteiger partial charge on any atom is -0.445 e. The predicted octanol–water partition coefficient (Wildman–Crippen LogP) is 2.68. The lowest BCUT2D eigenvalue weighted by molar-refractivity contribution is 0.0992. The molecule has 0 aliphatic heterocycles. The van der Waals surface area contributed by atoms with Crippen LogP contribution in [-0.4, -0.2) is 37.5 Å². The first kappa shape index (κ1) is 15.5. The number of aliphatic hydroxyl groups excluding tert-OH is 1. The predicted molar refractivity (Wildman–Crippen MR) is 85.2 cm³/mol. The van der Waals surface area contributed by atoms with E-state index in [1.54, 1.807) is 12.1 Å². The summed E-state index contributed by atoms with van der Waals surface area (Å²) in [5, 5.41) is 12.4. The number of rotatable bonds is 6. The molecule has 0 aliphatic carbocycles. The van der Waals surface area contributed by atoms with Crippen molar-refractivity contribution in [1.82, 2.24) is 0 Å². The van der Waals surface area contributed by atoms with Gasteiger partial charge in [0.05, 0.1) is 6.61 Å². The molecule has 112 valence electrons. The average Bonchev–Trinajstić information content (AvgIpc) is 2.97. The van der Waals surface area contributed by atoms with E-state index < -0.39 is 0 Å². The Balaban J connectivity index is 2.01. The van der Waals surface area contributed by atoms with Crippen LogP contribution in [0.25, 0.3) is 0 Å². The van der Waals surface area contributed by atoms with Gasteiger partial charge in [0, 0.05) is 25.0 Å². The zero-order chi connectivity index (χ0) is 15.2. The number of nitrogens with one attached hydrogen (secondary N) is 1. The van der Waals surface area contributed by atoms with Crippen LogP contribution in [0.4, 0.5) is 11.4 Å². The number of carbonyl (C=O) groups excluding carboxylic acids is 1. The third kappa shape index (κ3) is 4.03. The Hall–Kier alpha value is -1.92. The Kier molecular flexibility index (Phi) is 5.30. The van der Waals surface area contributed by atoms with E-state index in [9.17, 15) is 4.79 Å². The van der Waals surface area contributed by atoms with Gasteiger partial charge in [-0.25, -0.2) is 0 Å². The number of benzene rings is 1. The fraction of sp³-hybridized carbons (Fsp3) is 0.267. The molecule has 21 heavy (non-hydrogen) atoms. The van der Waals surface area contributed by atoms with Gasteiger partial charge in [0.1, 0.15) is 0 Å². The number of amides is 1. The third-order valence-corrected chi connectivity index (χ3v) is 3.63. The molecule has 0 aliphatic rings. The highest BCUT2D eigenvalue weighted by atomic mass is 32.2. The first-order valence-corrected chi connectivity index (χ1v) is 7.73. The third-order valence-electron chi connectivity index (χ3n) is 3.01. The maximum atomic E-state index is 12.0. The fourth-order valence-corrected chi connectivity index (χ4v) is 2.20. The van der Waals surface area contributed by atoms with Gasteiger partial charge in [-0.05, 0) is 42.7 Å². The topological polar surface area (TPSA) is 65.7 Å². The Labute approximate surface area is 127 Å². The summed E-state index contributed by atoms with van der Waals surface area (Å²) in [7, 11) is 1.90. The molecule has 2 N–H and O–H groups in total. The van der Waals surface area contributed by atoms with Crippen LogP contribution in [0, 0.1) is 0 Å². The zero-order valence-corrected chi connectivity index (χ0v) is 12.8. The summed E-state index contributed by atoms with van der Waals surface area (Å²) >= 11 is 1.45. The minimum atomic E-state index is -0.272. The van der Waals surface area contributed by atoms with Crippen molar-refractivity contribution in [2.75, 3.05) is 36.7 Å².